The highest BCUT2D eigenvalue weighted by Crippen LogP contribution is 2.28. The minimum Gasteiger partial charge on any atom is -0.322 e. The first-order valence-corrected chi connectivity index (χ1v) is 9.96. The van der Waals surface area contributed by atoms with Crippen molar-refractivity contribution in [3.8, 4) is 0 Å². The maximum atomic E-state index is 13.1. The quantitative estimate of drug-likeness (QED) is 0.684. The van der Waals surface area contributed by atoms with Crippen molar-refractivity contribution in [3.05, 3.63) is 95.1 Å². The van der Waals surface area contributed by atoms with Gasteiger partial charge < -0.3 is 10.2 Å². The number of nitrogens with zero attached hydrogens (tertiary/aromatic N) is 1. The summed E-state index contributed by atoms with van der Waals surface area (Å²) < 4.78 is 0. The lowest BCUT2D eigenvalue weighted by molar-refractivity contribution is 0.0973. The van der Waals surface area contributed by atoms with Gasteiger partial charge in [-0.2, -0.15) is 0 Å². The predicted molar refractivity (Wildman–Crippen MR) is 117 cm³/mol. The molecule has 3 aromatic rings. The molecule has 0 unspecified atom stereocenters. The van der Waals surface area contributed by atoms with E-state index in [1.807, 2.05) is 43.3 Å². The van der Waals surface area contributed by atoms with E-state index >= 15 is 0 Å². The standard InChI is InChI=1S/C25H22N2O3/c1-17-7-2-3-8-20(17)24(29)26-19-14-12-18(13-15-19)25(30)27-16-6-11-23(28)21-9-4-5-10-22(21)27/h2-5,7-10,12-15H,6,11,16H2,1H3,(H,26,29). The highest BCUT2D eigenvalue weighted by molar-refractivity contribution is 6.12. The van der Waals surface area contributed by atoms with Gasteiger partial charge in [0.1, 0.15) is 0 Å². The molecule has 5 nitrogen and oxygen atoms in total. The van der Waals surface area contributed by atoms with Crippen molar-refractivity contribution in [1.82, 2.24) is 0 Å². The maximum absolute atomic E-state index is 13.1. The van der Waals surface area contributed by atoms with Crippen molar-refractivity contribution in [2.24, 2.45) is 0 Å². The van der Waals surface area contributed by atoms with Crippen LogP contribution in [-0.2, 0) is 0 Å². The molecule has 1 aliphatic heterocycles. The minimum atomic E-state index is -0.188. The normalized spacial score (nSPS) is 13.4. The lowest BCUT2D eigenvalue weighted by Crippen LogP contribution is -2.31. The van der Waals surface area contributed by atoms with Crippen molar-refractivity contribution in [3.63, 3.8) is 0 Å². The average Bonchev–Trinajstić information content (AvgIpc) is 2.93. The molecule has 0 saturated carbocycles. The molecule has 0 fully saturated rings. The number of hydrogen-bond donors (Lipinski definition) is 1. The number of benzene rings is 3. The third-order valence-electron chi connectivity index (χ3n) is 5.31. The summed E-state index contributed by atoms with van der Waals surface area (Å²) in [6.45, 7) is 2.38. The summed E-state index contributed by atoms with van der Waals surface area (Å²) in [4.78, 5) is 39.6. The highest BCUT2D eigenvalue weighted by Gasteiger charge is 2.25. The van der Waals surface area contributed by atoms with E-state index in [0.717, 1.165) is 5.56 Å². The first-order chi connectivity index (χ1) is 14.5. The van der Waals surface area contributed by atoms with Crippen molar-refractivity contribution in [2.75, 3.05) is 16.8 Å². The zero-order valence-electron chi connectivity index (χ0n) is 16.7. The predicted octanol–water partition coefficient (Wildman–Crippen LogP) is 4.87. The summed E-state index contributed by atoms with van der Waals surface area (Å²) >= 11 is 0. The Hall–Kier alpha value is -3.73. The Morgan fingerprint density at radius 2 is 1.60 bits per heavy atom. The van der Waals surface area contributed by atoms with Gasteiger partial charge in [-0.25, -0.2) is 0 Å². The molecule has 4 rings (SSSR count). The van der Waals surface area contributed by atoms with Crippen LogP contribution in [0, 0.1) is 6.92 Å². The Morgan fingerprint density at radius 1 is 0.900 bits per heavy atom. The molecular formula is C25H22N2O3. The summed E-state index contributed by atoms with van der Waals surface area (Å²) in [5.74, 6) is -0.281. The van der Waals surface area contributed by atoms with Gasteiger partial charge in [0.15, 0.2) is 5.78 Å². The van der Waals surface area contributed by atoms with Crippen LogP contribution in [0.25, 0.3) is 0 Å². The minimum absolute atomic E-state index is 0.0650. The number of rotatable bonds is 3. The zero-order chi connectivity index (χ0) is 21.1. The molecule has 0 bridgehead atoms. The number of carbonyl (C=O) groups is 3. The number of Topliss-reactive ketones (excluding diaryl/α,β-unsaturated/α-hetero) is 1. The largest absolute Gasteiger partial charge is 0.322 e. The van der Waals surface area contributed by atoms with Crippen LogP contribution in [0.5, 0.6) is 0 Å². The molecule has 30 heavy (non-hydrogen) atoms. The monoisotopic (exact) mass is 398 g/mol. The van der Waals surface area contributed by atoms with E-state index in [1.165, 1.54) is 0 Å². The van der Waals surface area contributed by atoms with Crippen LogP contribution in [0.4, 0.5) is 11.4 Å². The molecule has 1 heterocycles. The Morgan fingerprint density at radius 3 is 2.37 bits per heavy atom. The molecule has 0 saturated heterocycles. The van der Waals surface area contributed by atoms with Crippen molar-refractivity contribution < 1.29 is 14.4 Å². The van der Waals surface area contributed by atoms with Crippen LogP contribution in [0.1, 0.15) is 49.5 Å². The molecule has 1 aliphatic rings. The first kappa shape index (κ1) is 19.6. The van der Waals surface area contributed by atoms with Gasteiger partial charge in [-0.1, -0.05) is 30.3 Å². The van der Waals surface area contributed by atoms with E-state index in [2.05, 4.69) is 5.32 Å². The number of carbonyl (C=O) groups excluding carboxylic acids is 3. The summed E-state index contributed by atoms with van der Waals surface area (Å²) in [5.41, 5.74) is 3.88. The molecule has 5 heteroatoms. The average molecular weight is 398 g/mol. The number of nitrogens with one attached hydrogen (secondary N) is 1. The molecule has 0 radical (unpaired) electrons. The molecule has 1 N–H and O–H groups in total. The van der Waals surface area contributed by atoms with Gasteiger partial charge in [0, 0.05) is 35.3 Å². The summed E-state index contributed by atoms with van der Waals surface area (Å²) in [7, 11) is 0. The van der Waals surface area contributed by atoms with E-state index in [9.17, 15) is 14.4 Å². The van der Waals surface area contributed by atoms with Gasteiger partial charge in [0.05, 0.1) is 5.69 Å². The molecule has 3 aromatic carbocycles. The molecule has 150 valence electrons. The fourth-order valence-corrected chi connectivity index (χ4v) is 3.69. The number of fused-ring (bicyclic) bond motifs is 1. The second-order valence-electron chi connectivity index (χ2n) is 7.35. The first-order valence-electron chi connectivity index (χ1n) is 9.96. The van der Waals surface area contributed by atoms with E-state index in [0.29, 0.717) is 47.5 Å². The van der Waals surface area contributed by atoms with Gasteiger partial charge in [0.2, 0.25) is 0 Å². The number of hydrogen-bond acceptors (Lipinski definition) is 3. The van der Waals surface area contributed by atoms with Crippen LogP contribution in [0.2, 0.25) is 0 Å². The van der Waals surface area contributed by atoms with E-state index in [4.69, 9.17) is 0 Å². The summed E-state index contributed by atoms with van der Waals surface area (Å²) in [5, 5.41) is 2.87. The maximum Gasteiger partial charge on any atom is 0.258 e. The second kappa shape index (κ2) is 8.33. The number of anilines is 2. The topological polar surface area (TPSA) is 66.5 Å². The third kappa shape index (κ3) is 3.87. The van der Waals surface area contributed by atoms with Gasteiger partial charge >= 0.3 is 0 Å². The van der Waals surface area contributed by atoms with E-state index in [1.54, 1.807) is 41.3 Å². The molecule has 0 aromatic heterocycles. The van der Waals surface area contributed by atoms with E-state index < -0.39 is 0 Å². The van der Waals surface area contributed by atoms with Crippen LogP contribution in [-0.4, -0.2) is 24.1 Å². The van der Waals surface area contributed by atoms with Crippen LogP contribution < -0.4 is 10.2 Å². The molecule has 0 aliphatic carbocycles. The number of para-hydroxylation sites is 1. The lowest BCUT2D eigenvalue weighted by Gasteiger charge is -2.22. The Balaban J connectivity index is 1.54. The van der Waals surface area contributed by atoms with Crippen molar-refractivity contribution >= 4 is 29.0 Å². The highest BCUT2D eigenvalue weighted by atomic mass is 16.2. The molecular weight excluding hydrogens is 376 g/mol. The van der Waals surface area contributed by atoms with E-state index in [-0.39, 0.29) is 17.6 Å². The van der Waals surface area contributed by atoms with Crippen LogP contribution >= 0.6 is 0 Å². The lowest BCUT2D eigenvalue weighted by atomic mass is 10.1. The molecule has 2 amide bonds. The summed E-state index contributed by atoms with van der Waals surface area (Å²) in [6.07, 6.45) is 1.06. The SMILES string of the molecule is Cc1ccccc1C(=O)Nc1ccc(C(=O)N2CCCC(=O)c3ccccc32)cc1. The van der Waals surface area contributed by atoms with Gasteiger partial charge in [-0.3, -0.25) is 14.4 Å². The van der Waals surface area contributed by atoms with Gasteiger partial charge in [-0.05, 0) is 61.4 Å². The Kier molecular flexibility index (Phi) is 5.44. The van der Waals surface area contributed by atoms with Crippen molar-refractivity contribution in [2.45, 2.75) is 19.8 Å². The zero-order valence-corrected chi connectivity index (χ0v) is 16.7. The third-order valence-corrected chi connectivity index (χ3v) is 5.31. The van der Waals surface area contributed by atoms with Gasteiger partial charge in [-0.15, -0.1) is 0 Å². The van der Waals surface area contributed by atoms with Crippen molar-refractivity contribution in [1.29, 1.82) is 0 Å². The number of ketones is 1. The number of amides is 2. The smallest absolute Gasteiger partial charge is 0.258 e. The summed E-state index contributed by atoms with van der Waals surface area (Å²) in [6, 6.07) is 21.5. The van der Waals surface area contributed by atoms with Crippen LogP contribution in [0.3, 0.4) is 0 Å². The fourth-order valence-electron chi connectivity index (χ4n) is 3.69. The van der Waals surface area contributed by atoms with Crippen LogP contribution in [0.15, 0.2) is 72.8 Å². The number of aryl methyl sites for hydroxylation is 1. The molecule has 0 spiro atoms. The Bertz CT molecular complexity index is 1120. The van der Waals surface area contributed by atoms with Gasteiger partial charge in [0.25, 0.3) is 11.8 Å². The fraction of sp³-hybridized carbons (Fsp3) is 0.160. The second-order valence-corrected chi connectivity index (χ2v) is 7.35. The molecule has 0 atom stereocenters. The Labute approximate surface area is 175 Å².